The average Bonchev–Trinajstić information content (AvgIpc) is 3.18. The first-order valence-electron chi connectivity index (χ1n) is 9.05. The van der Waals surface area contributed by atoms with E-state index < -0.39 is 29.9 Å². The van der Waals surface area contributed by atoms with E-state index in [4.69, 9.17) is 10.5 Å². The first-order valence-corrected chi connectivity index (χ1v) is 9.05. The summed E-state index contributed by atoms with van der Waals surface area (Å²) in [6.45, 7) is 3.73. The van der Waals surface area contributed by atoms with Crippen LogP contribution < -0.4 is 15.8 Å². The predicted octanol–water partition coefficient (Wildman–Crippen LogP) is 1.53. The minimum absolute atomic E-state index is 0.0868. The highest BCUT2D eigenvalue weighted by molar-refractivity contribution is 6.03. The van der Waals surface area contributed by atoms with E-state index in [0.717, 1.165) is 0 Å². The molecule has 0 aromatic carbocycles. The van der Waals surface area contributed by atoms with Crippen molar-refractivity contribution in [1.82, 2.24) is 19.7 Å². The number of hydrogen-bond acceptors (Lipinski definition) is 5. The SMILES string of the molecule is CC[C@@H]1[C@H](F)C(=O)N[C@@H]1COc1nccc2cc(C(N)=O)c3nc(C)cn3c12. The summed E-state index contributed by atoms with van der Waals surface area (Å²) in [5.41, 5.74) is 7.55. The van der Waals surface area contributed by atoms with Crippen LogP contribution in [0.4, 0.5) is 4.39 Å². The quantitative estimate of drug-likeness (QED) is 0.692. The molecule has 146 valence electrons. The molecular weight excluding hydrogens is 365 g/mol. The lowest BCUT2D eigenvalue weighted by atomic mass is 9.97. The first-order chi connectivity index (χ1) is 13.4. The van der Waals surface area contributed by atoms with Crippen LogP contribution in [0.2, 0.25) is 0 Å². The van der Waals surface area contributed by atoms with Gasteiger partial charge in [-0.25, -0.2) is 14.4 Å². The van der Waals surface area contributed by atoms with E-state index in [-0.39, 0.29) is 6.61 Å². The van der Waals surface area contributed by atoms with Crippen LogP contribution in [0, 0.1) is 12.8 Å². The molecule has 0 bridgehead atoms. The Labute approximate surface area is 159 Å². The number of primary amides is 1. The van der Waals surface area contributed by atoms with Crippen LogP contribution in [0.1, 0.15) is 29.4 Å². The van der Waals surface area contributed by atoms with Gasteiger partial charge in [0.15, 0.2) is 11.8 Å². The molecule has 0 saturated carbocycles. The molecule has 3 aromatic rings. The van der Waals surface area contributed by atoms with Crippen molar-refractivity contribution in [2.75, 3.05) is 6.61 Å². The van der Waals surface area contributed by atoms with Crippen LogP contribution in [-0.4, -0.2) is 45.0 Å². The smallest absolute Gasteiger partial charge is 0.255 e. The van der Waals surface area contributed by atoms with Gasteiger partial charge in [-0.3, -0.25) is 14.0 Å². The van der Waals surface area contributed by atoms with E-state index in [9.17, 15) is 14.0 Å². The lowest BCUT2D eigenvalue weighted by molar-refractivity contribution is -0.123. The molecule has 1 aliphatic rings. The van der Waals surface area contributed by atoms with Crippen molar-refractivity contribution in [3.63, 3.8) is 0 Å². The van der Waals surface area contributed by atoms with Crippen molar-refractivity contribution in [3.8, 4) is 5.88 Å². The van der Waals surface area contributed by atoms with Gasteiger partial charge in [0.05, 0.1) is 17.3 Å². The molecule has 4 rings (SSSR count). The molecule has 1 saturated heterocycles. The monoisotopic (exact) mass is 385 g/mol. The van der Waals surface area contributed by atoms with Crippen molar-refractivity contribution in [1.29, 1.82) is 0 Å². The van der Waals surface area contributed by atoms with Crippen LogP contribution >= 0.6 is 0 Å². The number of aromatic nitrogens is 3. The number of ether oxygens (including phenoxy) is 1. The number of rotatable bonds is 5. The standard InChI is InChI=1S/C19H20FN5O3/c1-3-11-13(24-18(27)14(11)20)8-28-19-15-10(4-5-22-19)6-12(16(21)26)17-23-9(2)7-25(15)17/h4-7,11,13-14H,3,8H2,1-2H3,(H2,21,26)(H,24,27)/t11-,13+,14-/m0/s1. The number of nitrogens with one attached hydrogen (secondary N) is 1. The van der Waals surface area contributed by atoms with Crippen molar-refractivity contribution in [2.24, 2.45) is 11.7 Å². The molecule has 28 heavy (non-hydrogen) atoms. The topological polar surface area (TPSA) is 112 Å². The number of fused-ring (bicyclic) bond motifs is 3. The fourth-order valence-corrected chi connectivity index (χ4v) is 3.77. The third-order valence-corrected chi connectivity index (χ3v) is 5.14. The van der Waals surface area contributed by atoms with E-state index in [1.165, 1.54) is 0 Å². The minimum Gasteiger partial charge on any atom is -0.474 e. The number of pyridine rings is 2. The second-order valence-corrected chi connectivity index (χ2v) is 6.95. The van der Waals surface area contributed by atoms with Crippen LogP contribution in [0.3, 0.4) is 0 Å². The summed E-state index contributed by atoms with van der Waals surface area (Å²) in [6, 6.07) is 2.96. The predicted molar refractivity (Wildman–Crippen MR) is 99.9 cm³/mol. The third kappa shape index (κ3) is 2.83. The summed E-state index contributed by atoms with van der Waals surface area (Å²) in [7, 11) is 0. The zero-order valence-electron chi connectivity index (χ0n) is 15.5. The van der Waals surface area contributed by atoms with Gasteiger partial charge in [0, 0.05) is 23.7 Å². The summed E-state index contributed by atoms with van der Waals surface area (Å²) >= 11 is 0. The van der Waals surface area contributed by atoms with Crippen molar-refractivity contribution < 1.29 is 18.7 Å². The molecule has 0 unspecified atom stereocenters. The van der Waals surface area contributed by atoms with Crippen molar-refractivity contribution in [2.45, 2.75) is 32.5 Å². The number of nitrogens with zero attached hydrogens (tertiary/aromatic N) is 3. The number of aryl methyl sites for hydroxylation is 1. The molecule has 2 amide bonds. The molecule has 0 aliphatic carbocycles. The third-order valence-electron chi connectivity index (χ3n) is 5.14. The lowest BCUT2D eigenvalue weighted by Crippen LogP contribution is -2.35. The molecule has 0 spiro atoms. The fourth-order valence-electron chi connectivity index (χ4n) is 3.77. The van der Waals surface area contributed by atoms with E-state index in [1.807, 2.05) is 13.8 Å². The number of carbonyl (C=O) groups excluding carboxylic acids is 2. The molecular formula is C19H20FN5O3. The summed E-state index contributed by atoms with van der Waals surface area (Å²) in [4.78, 5) is 32.2. The average molecular weight is 385 g/mol. The fraction of sp³-hybridized carbons (Fsp3) is 0.368. The molecule has 1 aliphatic heterocycles. The second kappa shape index (κ2) is 6.74. The van der Waals surface area contributed by atoms with Crippen LogP contribution in [0.25, 0.3) is 16.6 Å². The van der Waals surface area contributed by atoms with Crippen LogP contribution in [0.15, 0.2) is 24.5 Å². The summed E-state index contributed by atoms with van der Waals surface area (Å²) < 4.78 is 21.6. The molecule has 0 radical (unpaired) electrons. The molecule has 3 aromatic heterocycles. The summed E-state index contributed by atoms with van der Waals surface area (Å²) in [6.07, 6.45) is 2.31. The number of hydrogen-bond donors (Lipinski definition) is 2. The Morgan fingerprint density at radius 3 is 2.96 bits per heavy atom. The van der Waals surface area contributed by atoms with Gasteiger partial charge < -0.3 is 15.8 Å². The zero-order chi connectivity index (χ0) is 20.0. The lowest BCUT2D eigenvalue weighted by Gasteiger charge is -2.19. The molecule has 1 fully saturated rings. The Morgan fingerprint density at radius 1 is 1.46 bits per heavy atom. The molecule has 4 heterocycles. The summed E-state index contributed by atoms with van der Waals surface area (Å²) in [5.74, 6) is -1.32. The largest absolute Gasteiger partial charge is 0.474 e. The highest BCUT2D eigenvalue weighted by Crippen LogP contribution is 2.29. The highest BCUT2D eigenvalue weighted by Gasteiger charge is 2.41. The number of nitrogens with two attached hydrogens (primary N) is 1. The van der Waals surface area contributed by atoms with Gasteiger partial charge in [0.1, 0.15) is 12.1 Å². The number of amides is 2. The zero-order valence-corrected chi connectivity index (χ0v) is 15.5. The Bertz CT molecular complexity index is 1100. The first kappa shape index (κ1) is 18.1. The molecule has 8 nitrogen and oxygen atoms in total. The minimum atomic E-state index is -1.53. The van der Waals surface area contributed by atoms with E-state index in [0.29, 0.717) is 40.1 Å². The van der Waals surface area contributed by atoms with Gasteiger partial charge >= 0.3 is 0 Å². The number of halogens is 1. The Morgan fingerprint density at radius 2 is 2.25 bits per heavy atom. The van der Waals surface area contributed by atoms with Gasteiger partial charge in [-0.1, -0.05) is 6.92 Å². The maximum atomic E-state index is 14.0. The van der Waals surface area contributed by atoms with E-state index >= 15 is 0 Å². The maximum Gasteiger partial charge on any atom is 0.255 e. The second-order valence-electron chi connectivity index (χ2n) is 6.95. The maximum absolute atomic E-state index is 14.0. The van der Waals surface area contributed by atoms with Gasteiger partial charge in [-0.2, -0.15) is 0 Å². The molecule has 3 atom stereocenters. The van der Waals surface area contributed by atoms with E-state index in [2.05, 4.69) is 15.3 Å². The molecule has 9 heteroatoms. The Hall–Kier alpha value is -3.23. The number of alkyl halides is 1. The van der Waals surface area contributed by atoms with Crippen LogP contribution in [-0.2, 0) is 4.79 Å². The highest BCUT2D eigenvalue weighted by atomic mass is 19.1. The van der Waals surface area contributed by atoms with Gasteiger partial charge in [-0.05, 0) is 25.5 Å². The van der Waals surface area contributed by atoms with Crippen molar-refractivity contribution in [3.05, 3.63) is 35.8 Å². The normalized spacial score (nSPS) is 22.0. The van der Waals surface area contributed by atoms with E-state index in [1.54, 1.807) is 28.9 Å². The molecule has 3 N–H and O–H groups in total. The number of imidazole rings is 1. The summed E-state index contributed by atoms with van der Waals surface area (Å²) in [5, 5.41) is 3.34. The van der Waals surface area contributed by atoms with Gasteiger partial charge in [0.25, 0.3) is 11.8 Å². The Balaban J connectivity index is 1.75. The number of carbonyl (C=O) groups is 2. The van der Waals surface area contributed by atoms with Crippen LogP contribution in [0.5, 0.6) is 5.88 Å². The van der Waals surface area contributed by atoms with Gasteiger partial charge in [-0.15, -0.1) is 0 Å². The van der Waals surface area contributed by atoms with Gasteiger partial charge in [0.2, 0.25) is 5.88 Å². The Kier molecular flexibility index (Phi) is 4.37. The van der Waals surface area contributed by atoms with Crippen molar-refractivity contribution >= 4 is 28.4 Å².